The van der Waals surface area contributed by atoms with E-state index in [-0.39, 0.29) is 33.5 Å². The third-order valence-electron chi connectivity index (χ3n) is 5.97. The number of hydrogen-bond acceptors (Lipinski definition) is 12. The van der Waals surface area contributed by atoms with Crippen molar-refractivity contribution in [3.8, 4) is 23.0 Å². The van der Waals surface area contributed by atoms with Gasteiger partial charge in [-0.15, -0.1) is 0 Å². The van der Waals surface area contributed by atoms with Crippen molar-refractivity contribution in [1.82, 2.24) is 9.55 Å². The third-order valence-corrected chi connectivity index (χ3v) is 8.61. The third kappa shape index (κ3) is 6.44. The van der Waals surface area contributed by atoms with Crippen LogP contribution in [0.15, 0.2) is 65.6 Å². The van der Waals surface area contributed by atoms with Crippen LogP contribution in [0.3, 0.4) is 0 Å². The Morgan fingerprint density at radius 1 is 1.05 bits per heavy atom. The maximum atomic E-state index is 15.2. The Hall–Kier alpha value is -3.50. The van der Waals surface area contributed by atoms with Crippen molar-refractivity contribution in [3.63, 3.8) is 0 Å². The molecule has 2 aromatic carbocycles. The Bertz CT molecular complexity index is 1480. The zero-order chi connectivity index (χ0) is 30.7. The Morgan fingerprint density at radius 2 is 1.60 bits per heavy atom. The van der Waals surface area contributed by atoms with Gasteiger partial charge in [-0.25, -0.2) is 18.1 Å². The number of nitrogen functional groups attached to an aromatic ring is 1. The van der Waals surface area contributed by atoms with E-state index in [1.54, 1.807) is 0 Å². The number of nitrogens with zero attached hydrogens (tertiary/aromatic N) is 2. The number of benzene rings is 2. The number of aliphatic hydroxyl groups is 1. The Kier molecular flexibility index (Phi) is 9.27. The van der Waals surface area contributed by atoms with E-state index in [4.69, 9.17) is 33.2 Å². The molecule has 0 spiro atoms. The summed E-state index contributed by atoms with van der Waals surface area (Å²) < 4.78 is 104. The number of ether oxygens (including phenoxy) is 3. The van der Waals surface area contributed by atoms with Gasteiger partial charge in [0, 0.05) is 6.20 Å². The fourth-order valence-corrected chi connectivity index (χ4v) is 6.06. The minimum atomic E-state index is -4.70. The van der Waals surface area contributed by atoms with E-state index < -0.39 is 49.4 Å². The molecule has 1 saturated heterocycles. The zero-order valence-corrected chi connectivity index (χ0v) is 23.5. The molecule has 3 aromatic rings. The number of methoxy groups -OCH3 is 2. The summed E-state index contributed by atoms with van der Waals surface area (Å²) in [5.74, 6) is -3.89. The Labute approximate surface area is 239 Å². The molecule has 2 heterocycles. The number of alkyl halides is 4. The number of rotatable bonds is 12. The van der Waals surface area contributed by atoms with Crippen LogP contribution in [0.4, 0.5) is 23.4 Å². The fraction of sp³-hybridized carbons (Fsp3) is 0.333. The van der Waals surface area contributed by atoms with Crippen LogP contribution < -0.4 is 29.6 Å². The highest BCUT2D eigenvalue weighted by atomic mass is 32.7. The number of halogens is 4. The minimum absolute atomic E-state index is 0.0817. The summed E-state index contributed by atoms with van der Waals surface area (Å²) >= 11 is 0.0817. The molecule has 4 atom stereocenters. The topological polar surface area (TPSA) is 154 Å². The van der Waals surface area contributed by atoms with Gasteiger partial charge in [-0.3, -0.25) is 9.09 Å². The SMILES string of the molecule is COc1ccc(OSP(=O)(OC[C@@]2(C(F)F)O[C@@H](n3ccc(N)nc3=O)C(F)(F)[C@@H]2O)Oc2ccc(OC)cc2)cc1. The first-order valence-corrected chi connectivity index (χ1v) is 14.7. The van der Waals surface area contributed by atoms with Crippen molar-refractivity contribution >= 4 is 24.3 Å². The lowest BCUT2D eigenvalue weighted by Crippen LogP contribution is -2.54. The number of nitrogens with two attached hydrogens (primary N) is 1. The summed E-state index contributed by atoms with van der Waals surface area (Å²) in [6.07, 6.45) is -9.06. The van der Waals surface area contributed by atoms with Gasteiger partial charge in [-0.1, -0.05) is 0 Å². The molecule has 0 aliphatic carbocycles. The highest BCUT2D eigenvalue weighted by Crippen LogP contribution is 2.62. The van der Waals surface area contributed by atoms with Gasteiger partial charge < -0.3 is 33.8 Å². The second kappa shape index (κ2) is 12.4. The predicted octanol–water partition coefficient (Wildman–Crippen LogP) is 4.30. The van der Waals surface area contributed by atoms with Gasteiger partial charge in [0.15, 0.2) is 23.4 Å². The summed E-state index contributed by atoms with van der Waals surface area (Å²) in [4.78, 5) is 15.5. The number of aromatic nitrogens is 2. The molecule has 42 heavy (non-hydrogen) atoms. The molecule has 0 amide bonds. The molecule has 0 radical (unpaired) electrons. The lowest BCUT2D eigenvalue weighted by Gasteiger charge is -2.31. The van der Waals surface area contributed by atoms with Gasteiger partial charge in [-0.2, -0.15) is 13.8 Å². The van der Waals surface area contributed by atoms with Crippen LogP contribution in [0.1, 0.15) is 6.23 Å². The van der Waals surface area contributed by atoms with E-state index in [1.165, 1.54) is 62.8 Å². The Balaban J connectivity index is 1.63. The molecule has 3 N–H and O–H groups in total. The van der Waals surface area contributed by atoms with E-state index in [0.717, 1.165) is 12.3 Å². The molecule has 1 aliphatic heterocycles. The second-order valence-corrected chi connectivity index (χ2v) is 12.1. The van der Waals surface area contributed by atoms with E-state index >= 15 is 8.78 Å². The van der Waals surface area contributed by atoms with Crippen molar-refractivity contribution in [2.75, 3.05) is 26.6 Å². The van der Waals surface area contributed by atoms with Crippen LogP contribution in [-0.4, -0.2) is 59.5 Å². The van der Waals surface area contributed by atoms with Crippen LogP contribution in [0.2, 0.25) is 0 Å². The molecule has 1 aliphatic rings. The van der Waals surface area contributed by atoms with E-state index in [0.29, 0.717) is 11.5 Å². The van der Waals surface area contributed by atoms with E-state index in [1.807, 2.05) is 0 Å². The number of aliphatic hydroxyl groups excluding tert-OH is 1. The number of anilines is 1. The van der Waals surface area contributed by atoms with Gasteiger partial charge in [0.1, 0.15) is 28.8 Å². The largest absolute Gasteiger partial charge is 0.497 e. The van der Waals surface area contributed by atoms with Crippen LogP contribution in [0.25, 0.3) is 0 Å². The average molecular weight is 638 g/mol. The van der Waals surface area contributed by atoms with Crippen molar-refractivity contribution in [2.24, 2.45) is 0 Å². The smallest absolute Gasteiger partial charge is 0.478 e. The van der Waals surface area contributed by atoms with Crippen LogP contribution >= 0.6 is 18.5 Å². The van der Waals surface area contributed by atoms with Gasteiger partial charge >= 0.3 is 18.4 Å². The highest BCUT2D eigenvalue weighted by molar-refractivity contribution is 8.52. The predicted molar refractivity (Wildman–Crippen MR) is 141 cm³/mol. The lowest BCUT2D eigenvalue weighted by atomic mass is 9.96. The number of hydrogen-bond donors (Lipinski definition) is 2. The average Bonchev–Trinajstić information content (AvgIpc) is 3.17. The normalized spacial score (nSPS) is 22.9. The molecule has 18 heteroatoms. The zero-order valence-electron chi connectivity index (χ0n) is 21.8. The summed E-state index contributed by atoms with van der Waals surface area (Å²) in [5, 5.41) is 10.4. The maximum absolute atomic E-state index is 15.2. The molecule has 1 unspecified atom stereocenters. The molecule has 12 nitrogen and oxygen atoms in total. The molecule has 0 bridgehead atoms. The van der Waals surface area contributed by atoms with Crippen molar-refractivity contribution < 1.29 is 54.7 Å². The quantitative estimate of drug-likeness (QED) is 0.165. The summed E-state index contributed by atoms with van der Waals surface area (Å²) in [6.45, 7) is -6.29. The first-order valence-electron chi connectivity index (χ1n) is 11.8. The Morgan fingerprint density at radius 3 is 2.12 bits per heavy atom. The molecule has 4 rings (SSSR count). The summed E-state index contributed by atoms with van der Waals surface area (Å²) in [7, 11) is 2.83. The first kappa shape index (κ1) is 31.4. The standard InChI is InChI=1S/C24H24F4N3O9PS/c1-35-14-3-7-16(8-4-14)39-41(34,42-40-17-9-5-15(36-2)6-10-17)37-13-23(20(25)26)19(32)24(27,28)21(38-23)31-12-11-18(29)30-22(31)33/h3-12,19-21,32H,13H2,1-2H3,(H2,29,30,33)/t19-,21-,23-,41?/m1/s1. The maximum Gasteiger partial charge on any atom is 0.478 e. The van der Waals surface area contributed by atoms with Crippen molar-refractivity contribution in [1.29, 1.82) is 0 Å². The van der Waals surface area contributed by atoms with Gasteiger partial charge in [0.2, 0.25) is 6.23 Å². The lowest BCUT2D eigenvalue weighted by molar-refractivity contribution is -0.192. The second-order valence-electron chi connectivity index (χ2n) is 8.67. The van der Waals surface area contributed by atoms with Gasteiger partial charge in [-0.05, 0) is 54.6 Å². The van der Waals surface area contributed by atoms with Crippen molar-refractivity contribution in [3.05, 3.63) is 71.3 Å². The monoisotopic (exact) mass is 637 g/mol. The first-order chi connectivity index (χ1) is 19.8. The molecule has 0 saturated carbocycles. The van der Waals surface area contributed by atoms with E-state index in [2.05, 4.69) is 4.98 Å². The molecular weight excluding hydrogens is 613 g/mol. The summed E-state index contributed by atoms with van der Waals surface area (Å²) in [6, 6.07) is 12.3. The molecule has 1 fully saturated rings. The van der Waals surface area contributed by atoms with Crippen LogP contribution in [0, 0.1) is 0 Å². The fourth-order valence-electron chi connectivity index (χ4n) is 3.73. The highest BCUT2D eigenvalue weighted by Gasteiger charge is 2.71. The van der Waals surface area contributed by atoms with E-state index in [9.17, 15) is 23.2 Å². The van der Waals surface area contributed by atoms with Gasteiger partial charge in [0.05, 0.1) is 20.8 Å². The molecule has 1 aromatic heterocycles. The minimum Gasteiger partial charge on any atom is -0.497 e. The molecular formula is C24H24F4N3O9PS. The molecule has 228 valence electrons. The van der Waals surface area contributed by atoms with Crippen molar-refractivity contribution in [2.45, 2.75) is 30.3 Å². The summed E-state index contributed by atoms with van der Waals surface area (Å²) in [5.41, 5.74) is 0.539. The van der Waals surface area contributed by atoms with Gasteiger partial charge in [0.25, 0.3) is 6.43 Å². The van der Waals surface area contributed by atoms with Crippen LogP contribution in [-0.2, 0) is 13.8 Å². The van der Waals surface area contributed by atoms with Crippen LogP contribution in [0.5, 0.6) is 23.0 Å².